The van der Waals surface area contributed by atoms with Crippen LogP contribution in [0, 0.1) is 0 Å². The minimum Gasteiger partial charge on any atom is -0.305 e. The predicted molar refractivity (Wildman–Crippen MR) is 112 cm³/mol. The maximum Gasteiger partial charge on any atom is 0.274 e. The van der Waals surface area contributed by atoms with E-state index in [0.29, 0.717) is 10.7 Å². The van der Waals surface area contributed by atoms with Gasteiger partial charge in [-0.1, -0.05) is 56.1 Å². The molecule has 0 aliphatic rings. The molecule has 0 bridgehead atoms. The van der Waals surface area contributed by atoms with Gasteiger partial charge in [0.1, 0.15) is 10.7 Å². The second kappa shape index (κ2) is 7.60. The molecule has 1 aromatic heterocycles. The van der Waals surface area contributed by atoms with E-state index in [2.05, 4.69) is 31.9 Å². The highest BCUT2D eigenvalue weighted by atomic mass is 79.9. The first-order valence-electron chi connectivity index (χ1n) is 7.87. The second-order valence-corrected chi connectivity index (χ2v) is 7.72. The van der Waals surface area contributed by atoms with Crippen molar-refractivity contribution in [3.05, 3.63) is 100 Å². The zero-order valence-corrected chi connectivity index (χ0v) is 17.4. The Morgan fingerprint density at radius 2 is 0.962 bits per heavy atom. The van der Waals surface area contributed by atoms with Crippen molar-refractivity contribution in [1.82, 2.24) is 9.13 Å². The van der Waals surface area contributed by atoms with Gasteiger partial charge >= 0.3 is 0 Å². The normalized spacial score (nSPS) is 12.6. The Kier molecular flexibility index (Phi) is 5.44. The summed E-state index contributed by atoms with van der Waals surface area (Å²) in [6.07, 6.45) is 3.44. The number of hydrogen-bond acceptors (Lipinski definition) is 2. The molecule has 1 heterocycles. The molecule has 3 rings (SSSR count). The van der Waals surface area contributed by atoms with E-state index < -0.39 is 0 Å². The molecule has 4 nitrogen and oxygen atoms in total. The van der Waals surface area contributed by atoms with Gasteiger partial charge in [-0.3, -0.25) is 9.59 Å². The molecule has 132 valence electrons. The highest BCUT2D eigenvalue weighted by Crippen LogP contribution is 2.11. The van der Waals surface area contributed by atoms with Crippen molar-refractivity contribution in [3.8, 4) is 0 Å². The first-order chi connectivity index (χ1) is 12.4. The van der Waals surface area contributed by atoms with Crippen LogP contribution in [0.2, 0.25) is 0 Å². The fraction of sp³-hybridized carbons (Fsp3) is 0.100. The van der Waals surface area contributed by atoms with Crippen LogP contribution in [-0.4, -0.2) is 9.13 Å². The largest absolute Gasteiger partial charge is 0.305 e. The van der Waals surface area contributed by atoms with Crippen molar-refractivity contribution in [2.75, 3.05) is 0 Å². The minimum absolute atomic E-state index is 0.224. The third kappa shape index (κ3) is 3.81. The number of halogens is 2. The van der Waals surface area contributed by atoms with E-state index in [1.165, 1.54) is 9.13 Å². The fourth-order valence-corrected chi connectivity index (χ4v) is 3.13. The SMILES string of the molecule is Cn1c(=O)/c(=C/c2ccc(Br)cc2)n(C)c(=O)/c1=C/c1ccc(Br)cc1. The zero-order valence-electron chi connectivity index (χ0n) is 14.2. The summed E-state index contributed by atoms with van der Waals surface area (Å²) in [5.74, 6) is 0. The molecule has 26 heavy (non-hydrogen) atoms. The minimum atomic E-state index is -0.224. The Morgan fingerprint density at radius 3 is 1.27 bits per heavy atom. The van der Waals surface area contributed by atoms with Gasteiger partial charge in [-0.05, 0) is 47.5 Å². The van der Waals surface area contributed by atoms with Crippen molar-refractivity contribution in [2.45, 2.75) is 0 Å². The molecule has 0 amide bonds. The number of benzene rings is 2. The summed E-state index contributed by atoms with van der Waals surface area (Å²) in [6, 6.07) is 15.1. The van der Waals surface area contributed by atoms with Crippen LogP contribution in [0.25, 0.3) is 12.2 Å². The molecule has 0 N–H and O–H groups in total. The Balaban J connectivity index is 2.26. The Labute approximate surface area is 167 Å². The summed E-state index contributed by atoms with van der Waals surface area (Å²) in [5, 5.41) is 0.681. The van der Waals surface area contributed by atoms with Gasteiger partial charge in [0.15, 0.2) is 0 Å². The topological polar surface area (TPSA) is 44.0 Å². The maximum absolute atomic E-state index is 12.8. The van der Waals surface area contributed by atoms with Gasteiger partial charge in [-0.15, -0.1) is 0 Å². The molecule has 6 heteroatoms. The summed E-state index contributed by atoms with van der Waals surface area (Å²) in [6.45, 7) is 0. The summed E-state index contributed by atoms with van der Waals surface area (Å²) in [4.78, 5) is 25.6. The van der Waals surface area contributed by atoms with Gasteiger partial charge in [0.2, 0.25) is 0 Å². The van der Waals surface area contributed by atoms with E-state index in [1.807, 2.05) is 48.5 Å². The molecule has 0 atom stereocenters. The molecule has 3 aromatic rings. The van der Waals surface area contributed by atoms with Crippen LogP contribution in [0.4, 0.5) is 0 Å². The van der Waals surface area contributed by atoms with E-state index in [9.17, 15) is 9.59 Å². The van der Waals surface area contributed by atoms with Gasteiger partial charge in [0.25, 0.3) is 11.1 Å². The number of hydrogen-bond donors (Lipinski definition) is 0. The lowest BCUT2D eigenvalue weighted by atomic mass is 10.2. The van der Waals surface area contributed by atoms with E-state index in [-0.39, 0.29) is 11.1 Å². The third-order valence-corrected chi connectivity index (χ3v) is 5.17. The van der Waals surface area contributed by atoms with E-state index in [4.69, 9.17) is 0 Å². The molecule has 0 radical (unpaired) electrons. The lowest BCUT2D eigenvalue weighted by Gasteiger charge is -2.05. The van der Waals surface area contributed by atoms with Crippen molar-refractivity contribution in [2.24, 2.45) is 14.1 Å². The molecule has 2 aromatic carbocycles. The molecule has 0 aliphatic heterocycles. The van der Waals surface area contributed by atoms with Crippen molar-refractivity contribution in [1.29, 1.82) is 0 Å². The van der Waals surface area contributed by atoms with Gasteiger partial charge in [0, 0.05) is 23.0 Å². The smallest absolute Gasteiger partial charge is 0.274 e. The van der Waals surface area contributed by atoms with Crippen LogP contribution in [0.15, 0.2) is 67.1 Å². The Morgan fingerprint density at radius 1 is 0.654 bits per heavy atom. The summed E-state index contributed by atoms with van der Waals surface area (Å²) >= 11 is 6.77. The fourth-order valence-electron chi connectivity index (χ4n) is 2.60. The molecule has 0 aliphatic carbocycles. The van der Waals surface area contributed by atoms with Gasteiger partial charge in [0.05, 0.1) is 0 Å². The van der Waals surface area contributed by atoms with Crippen LogP contribution in [-0.2, 0) is 14.1 Å². The third-order valence-electron chi connectivity index (χ3n) is 4.12. The number of aromatic nitrogens is 2. The van der Waals surface area contributed by atoms with Crippen LogP contribution >= 0.6 is 31.9 Å². The van der Waals surface area contributed by atoms with Crippen LogP contribution in [0.3, 0.4) is 0 Å². The van der Waals surface area contributed by atoms with Crippen LogP contribution in [0.1, 0.15) is 11.1 Å². The highest BCUT2D eigenvalue weighted by Gasteiger charge is 2.05. The average Bonchev–Trinajstić information content (AvgIpc) is 2.64. The molecule has 0 unspecified atom stereocenters. The summed E-state index contributed by atoms with van der Waals surface area (Å²) in [5.41, 5.74) is 1.26. The van der Waals surface area contributed by atoms with Crippen molar-refractivity contribution >= 4 is 44.0 Å². The quantitative estimate of drug-likeness (QED) is 0.570. The first-order valence-corrected chi connectivity index (χ1v) is 9.46. The zero-order chi connectivity index (χ0) is 18.8. The van der Waals surface area contributed by atoms with E-state index >= 15 is 0 Å². The van der Waals surface area contributed by atoms with Crippen molar-refractivity contribution in [3.63, 3.8) is 0 Å². The highest BCUT2D eigenvalue weighted by molar-refractivity contribution is 9.10. The molecule has 0 spiro atoms. The molecule has 0 saturated carbocycles. The molecule has 0 saturated heterocycles. The molecular weight excluding hydrogens is 460 g/mol. The van der Waals surface area contributed by atoms with Crippen molar-refractivity contribution < 1.29 is 0 Å². The van der Waals surface area contributed by atoms with E-state index in [1.54, 1.807) is 26.2 Å². The lowest BCUT2D eigenvalue weighted by molar-refractivity contribution is 0.696. The Bertz CT molecular complexity index is 1090. The first kappa shape index (κ1) is 18.6. The van der Waals surface area contributed by atoms with Crippen LogP contribution in [0.5, 0.6) is 0 Å². The Hall–Kier alpha value is -2.18. The monoisotopic (exact) mass is 474 g/mol. The predicted octanol–water partition coefficient (Wildman–Crippen LogP) is 2.27. The standard InChI is InChI=1S/C20H16Br2N2O2/c1-23-17(11-13-3-7-15(21)8-4-13)20(26)24(2)18(19(23)25)12-14-5-9-16(22)10-6-14/h3-12H,1-2H3/b17-11-,18-12-. The maximum atomic E-state index is 12.8. The van der Waals surface area contributed by atoms with Gasteiger partial charge in [-0.25, -0.2) is 0 Å². The molecular formula is C20H16Br2N2O2. The van der Waals surface area contributed by atoms with Crippen LogP contribution < -0.4 is 21.8 Å². The molecule has 0 fully saturated rings. The van der Waals surface area contributed by atoms with Gasteiger partial charge < -0.3 is 9.13 Å². The lowest BCUT2D eigenvalue weighted by Crippen LogP contribution is -2.56. The number of rotatable bonds is 2. The number of nitrogens with zero attached hydrogens (tertiary/aromatic N) is 2. The van der Waals surface area contributed by atoms with Gasteiger partial charge in [-0.2, -0.15) is 0 Å². The summed E-state index contributed by atoms with van der Waals surface area (Å²) in [7, 11) is 3.24. The second-order valence-electron chi connectivity index (χ2n) is 5.89. The summed E-state index contributed by atoms with van der Waals surface area (Å²) < 4.78 is 4.70. The average molecular weight is 476 g/mol. The van der Waals surface area contributed by atoms with E-state index in [0.717, 1.165) is 20.1 Å².